The molecule has 8 heteroatoms. The maximum Gasteiger partial charge on any atom is 0.398 e. The Kier molecular flexibility index (Phi) is 4.92. The number of halogens is 3. The molecule has 2 aromatic rings. The first kappa shape index (κ1) is 16.2. The lowest BCUT2D eigenvalue weighted by atomic mass is 10.2. The molecule has 116 valence electrons. The monoisotopic (exact) mass is 328 g/mol. The molecule has 2 rings (SSSR count). The predicted molar refractivity (Wildman–Crippen MR) is 78.2 cm³/mol. The van der Waals surface area contributed by atoms with Gasteiger partial charge in [-0.2, -0.15) is 13.2 Å². The van der Waals surface area contributed by atoms with Crippen molar-refractivity contribution in [2.45, 2.75) is 11.1 Å². The third-order valence-electron chi connectivity index (χ3n) is 2.57. The minimum absolute atomic E-state index is 0.204. The van der Waals surface area contributed by atoms with Crippen molar-refractivity contribution in [1.29, 1.82) is 0 Å². The van der Waals surface area contributed by atoms with Crippen LogP contribution in [-0.4, -0.2) is 22.8 Å². The highest BCUT2D eigenvalue weighted by Crippen LogP contribution is 2.32. The first-order valence-corrected chi connectivity index (χ1v) is 7.12. The van der Waals surface area contributed by atoms with Crippen LogP contribution in [0.2, 0.25) is 0 Å². The van der Waals surface area contributed by atoms with Crippen molar-refractivity contribution in [3.63, 3.8) is 0 Å². The van der Waals surface area contributed by atoms with Gasteiger partial charge in [0.25, 0.3) is 5.91 Å². The highest BCUT2D eigenvalue weighted by atomic mass is 32.2. The number of H-pyrrole nitrogens is 1. The number of alkyl halides is 3. The van der Waals surface area contributed by atoms with Gasteiger partial charge in [0.1, 0.15) is 0 Å². The fourth-order valence-corrected chi connectivity index (χ4v) is 2.37. The number of carbonyl (C=O) groups excluding carboxylic acids is 1. The number of nitrogens with one attached hydrogen (secondary N) is 2. The summed E-state index contributed by atoms with van der Waals surface area (Å²) in [5.41, 5.74) is 0.140. The molecule has 1 aromatic heterocycles. The van der Waals surface area contributed by atoms with Crippen LogP contribution >= 0.6 is 11.8 Å². The van der Waals surface area contributed by atoms with Crippen molar-refractivity contribution in [2.24, 2.45) is 0 Å². The lowest BCUT2D eigenvalue weighted by molar-refractivity contribution is -0.105. The van der Waals surface area contributed by atoms with Gasteiger partial charge in [-0.1, -0.05) is 12.1 Å². The van der Waals surface area contributed by atoms with Crippen molar-refractivity contribution in [2.75, 3.05) is 11.1 Å². The zero-order valence-corrected chi connectivity index (χ0v) is 11.9. The third kappa shape index (κ3) is 4.66. The van der Waals surface area contributed by atoms with E-state index in [0.717, 1.165) is 0 Å². The Balaban J connectivity index is 2.13. The van der Waals surface area contributed by atoms with Gasteiger partial charge in [-0.05, 0) is 18.2 Å². The van der Waals surface area contributed by atoms with E-state index < -0.39 is 17.8 Å². The maximum atomic E-state index is 12.3. The summed E-state index contributed by atoms with van der Waals surface area (Å²) in [6.07, 6.45) is -3.05. The molecule has 0 unspecified atom stereocenters. The number of amides is 1. The van der Waals surface area contributed by atoms with Gasteiger partial charge in [0, 0.05) is 17.2 Å². The van der Waals surface area contributed by atoms with E-state index in [1.807, 2.05) is 0 Å². The predicted octanol–water partition coefficient (Wildman–Crippen LogP) is 3.28. The van der Waals surface area contributed by atoms with Gasteiger partial charge in [0.2, 0.25) is 5.56 Å². The number of carbonyl (C=O) groups is 1. The first-order chi connectivity index (χ1) is 10.3. The van der Waals surface area contributed by atoms with Crippen LogP contribution in [0.3, 0.4) is 0 Å². The molecular weight excluding hydrogens is 317 g/mol. The second-order valence-electron chi connectivity index (χ2n) is 4.30. The van der Waals surface area contributed by atoms with Gasteiger partial charge < -0.3 is 10.3 Å². The van der Waals surface area contributed by atoms with Gasteiger partial charge in [0.05, 0.1) is 17.0 Å². The summed E-state index contributed by atoms with van der Waals surface area (Å²) in [4.78, 5) is 25.6. The van der Waals surface area contributed by atoms with Crippen LogP contribution in [0.25, 0.3) is 0 Å². The second-order valence-corrected chi connectivity index (χ2v) is 5.31. The average molecular weight is 328 g/mol. The Morgan fingerprint density at radius 1 is 1.18 bits per heavy atom. The number of thioether (sulfide) groups is 1. The molecule has 0 aliphatic carbocycles. The molecule has 22 heavy (non-hydrogen) atoms. The lowest BCUT2D eigenvalue weighted by Gasteiger charge is -2.11. The molecule has 0 bridgehead atoms. The van der Waals surface area contributed by atoms with Crippen molar-refractivity contribution in [1.82, 2.24) is 4.98 Å². The zero-order valence-electron chi connectivity index (χ0n) is 11.1. The van der Waals surface area contributed by atoms with Gasteiger partial charge >= 0.3 is 6.18 Å². The molecule has 1 aromatic carbocycles. The number of anilines is 1. The number of aromatic amines is 1. The van der Waals surface area contributed by atoms with Crippen molar-refractivity contribution in [3.8, 4) is 0 Å². The van der Waals surface area contributed by atoms with Crippen molar-refractivity contribution < 1.29 is 18.0 Å². The number of pyridine rings is 1. The lowest BCUT2D eigenvalue weighted by Crippen LogP contribution is -2.15. The minimum Gasteiger partial charge on any atom is -0.328 e. The van der Waals surface area contributed by atoms with Crippen LogP contribution in [0.4, 0.5) is 18.9 Å². The molecule has 0 saturated carbocycles. The Morgan fingerprint density at radius 3 is 2.55 bits per heavy atom. The van der Waals surface area contributed by atoms with Crippen LogP contribution in [0.1, 0.15) is 10.4 Å². The standard InChI is InChI=1S/C14H11F3N2O2S/c15-14(16,17)8-22-11-4-2-1-3-10(11)19-13(21)9-5-6-12(20)18-7-9/h1-7H,8H2,(H,18,20)(H,19,21). The van der Waals surface area contributed by atoms with E-state index >= 15 is 0 Å². The number of hydrogen-bond acceptors (Lipinski definition) is 3. The zero-order chi connectivity index (χ0) is 16.2. The van der Waals surface area contributed by atoms with E-state index in [9.17, 15) is 22.8 Å². The molecule has 0 atom stereocenters. The summed E-state index contributed by atoms with van der Waals surface area (Å²) in [6.45, 7) is 0. The van der Waals surface area contributed by atoms with Crippen molar-refractivity contribution >= 4 is 23.4 Å². The molecule has 0 aliphatic heterocycles. The van der Waals surface area contributed by atoms with Gasteiger partial charge in [-0.3, -0.25) is 9.59 Å². The fourth-order valence-electron chi connectivity index (χ4n) is 1.60. The number of benzene rings is 1. The Bertz CT molecular complexity index is 708. The summed E-state index contributed by atoms with van der Waals surface area (Å²) < 4.78 is 36.9. The summed E-state index contributed by atoms with van der Waals surface area (Å²) in [5.74, 6) is -1.56. The van der Waals surface area contributed by atoms with E-state index in [1.165, 1.54) is 30.5 Å². The molecule has 4 nitrogen and oxygen atoms in total. The summed E-state index contributed by atoms with van der Waals surface area (Å²) in [7, 11) is 0. The summed E-state index contributed by atoms with van der Waals surface area (Å²) >= 11 is 0.596. The van der Waals surface area contributed by atoms with Crippen LogP contribution in [0.5, 0.6) is 0 Å². The quantitative estimate of drug-likeness (QED) is 0.847. The van der Waals surface area contributed by atoms with E-state index in [2.05, 4.69) is 10.3 Å². The summed E-state index contributed by atoms with van der Waals surface area (Å²) in [6, 6.07) is 8.74. The largest absolute Gasteiger partial charge is 0.398 e. The van der Waals surface area contributed by atoms with Crippen LogP contribution in [-0.2, 0) is 0 Å². The average Bonchev–Trinajstić information content (AvgIpc) is 2.46. The Labute approximate surface area is 127 Å². The first-order valence-electron chi connectivity index (χ1n) is 6.14. The molecule has 0 fully saturated rings. The van der Waals surface area contributed by atoms with Crippen LogP contribution in [0.15, 0.2) is 52.3 Å². The topological polar surface area (TPSA) is 62.0 Å². The SMILES string of the molecule is O=C(Nc1ccccc1SCC(F)(F)F)c1ccc(=O)[nH]c1. The van der Waals surface area contributed by atoms with E-state index in [1.54, 1.807) is 12.1 Å². The normalized spacial score (nSPS) is 11.2. The number of rotatable bonds is 4. The minimum atomic E-state index is -4.29. The third-order valence-corrected chi connectivity index (χ3v) is 3.71. The molecule has 0 saturated heterocycles. The van der Waals surface area contributed by atoms with Gasteiger partial charge in [0.15, 0.2) is 0 Å². The van der Waals surface area contributed by atoms with Crippen LogP contribution < -0.4 is 10.9 Å². The molecule has 0 spiro atoms. The Hall–Kier alpha value is -2.22. The number of aromatic nitrogens is 1. The van der Waals surface area contributed by atoms with Gasteiger partial charge in [-0.15, -0.1) is 11.8 Å². The highest BCUT2D eigenvalue weighted by molar-refractivity contribution is 7.99. The molecule has 2 N–H and O–H groups in total. The number of hydrogen-bond donors (Lipinski definition) is 2. The molecule has 1 amide bonds. The molecule has 0 radical (unpaired) electrons. The van der Waals surface area contributed by atoms with E-state index in [0.29, 0.717) is 16.7 Å². The van der Waals surface area contributed by atoms with Crippen LogP contribution in [0, 0.1) is 0 Å². The smallest absolute Gasteiger partial charge is 0.328 e. The van der Waals surface area contributed by atoms with Gasteiger partial charge in [-0.25, -0.2) is 0 Å². The maximum absolute atomic E-state index is 12.3. The molecule has 1 heterocycles. The number of para-hydroxylation sites is 1. The second kappa shape index (κ2) is 6.69. The summed E-state index contributed by atoms with van der Waals surface area (Å²) in [5, 5.41) is 2.53. The van der Waals surface area contributed by atoms with Crippen molar-refractivity contribution in [3.05, 3.63) is 58.5 Å². The fraction of sp³-hybridized carbons (Fsp3) is 0.143. The highest BCUT2D eigenvalue weighted by Gasteiger charge is 2.27. The Morgan fingerprint density at radius 2 is 1.91 bits per heavy atom. The molecule has 0 aliphatic rings. The van der Waals surface area contributed by atoms with E-state index in [4.69, 9.17) is 0 Å². The van der Waals surface area contributed by atoms with E-state index in [-0.39, 0.29) is 16.8 Å². The molecular formula is C14H11F3N2O2S.